The molecule has 0 aliphatic heterocycles. The number of nitrogens with two attached hydrogens (primary N) is 1. The van der Waals surface area contributed by atoms with Crippen LogP contribution in [0.1, 0.15) is 17.0 Å². The summed E-state index contributed by atoms with van der Waals surface area (Å²) in [7, 11) is -0.608. The summed E-state index contributed by atoms with van der Waals surface area (Å²) in [5, 5.41) is 7.66. The fourth-order valence-electron chi connectivity index (χ4n) is 1.89. The summed E-state index contributed by atoms with van der Waals surface area (Å²) in [6.07, 6.45) is 1.38. The van der Waals surface area contributed by atoms with Crippen molar-refractivity contribution in [2.24, 2.45) is 7.05 Å². The highest BCUT2D eigenvalue weighted by Crippen LogP contribution is 2.23. The Labute approximate surface area is 117 Å². The van der Waals surface area contributed by atoms with Gasteiger partial charge in [-0.3, -0.25) is 4.68 Å². The SMILES string of the molecule is Cc1noc(C)c1CN(C)S(=O)(=O)c1cn(C)nc1N. The van der Waals surface area contributed by atoms with Crippen LogP contribution in [-0.4, -0.2) is 34.7 Å². The maximum atomic E-state index is 12.5. The molecule has 0 spiro atoms. The Kier molecular flexibility index (Phi) is 3.57. The highest BCUT2D eigenvalue weighted by atomic mass is 32.2. The van der Waals surface area contributed by atoms with Crippen molar-refractivity contribution in [1.29, 1.82) is 0 Å². The topological polar surface area (TPSA) is 107 Å². The molecule has 2 N–H and O–H groups in total. The van der Waals surface area contributed by atoms with Gasteiger partial charge in [-0.15, -0.1) is 0 Å². The zero-order valence-electron chi connectivity index (χ0n) is 11.8. The predicted octanol–water partition coefficient (Wildman–Crippen LogP) is 0.428. The lowest BCUT2D eigenvalue weighted by Gasteiger charge is -2.16. The Balaban J connectivity index is 2.33. The van der Waals surface area contributed by atoms with Crippen molar-refractivity contribution >= 4 is 15.8 Å². The summed E-state index contributed by atoms with van der Waals surface area (Å²) in [4.78, 5) is -0.00531. The predicted molar refractivity (Wildman–Crippen MR) is 72.3 cm³/mol. The van der Waals surface area contributed by atoms with Crippen molar-refractivity contribution in [1.82, 2.24) is 19.2 Å². The van der Waals surface area contributed by atoms with Gasteiger partial charge in [-0.25, -0.2) is 8.42 Å². The maximum Gasteiger partial charge on any atom is 0.248 e. The maximum absolute atomic E-state index is 12.5. The summed E-state index contributed by atoms with van der Waals surface area (Å²) in [5.74, 6) is 0.585. The number of hydrogen-bond donors (Lipinski definition) is 1. The van der Waals surface area contributed by atoms with Gasteiger partial charge in [0.2, 0.25) is 10.0 Å². The first-order valence-corrected chi connectivity index (χ1v) is 7.34. The minimum atomic E-state index is -3.70. The molecule has 8 nitrogen and oxygen atoms in total. The summed E-state index contributed by atoms with van der Waals surface area (Å²) in [6.45, 7) is 3.68. The second-order valence-electron chi connectivity index (χ2n) is 4.62. The van der Waals surface area contributed by atoms with Crippen molar-refractivity contribution in [3.8, 4) is 0 Å². The molecule has 0 radical (unpaired) electrons. The molecule has 0 aliphatic carbocycles. The Morgan fingerprint density at radius 2 is 2.10 bits per heavy atom. The Morgan fingerprint density at radius 1 is 1.45 bits per heavy atom. The zero-order chi connectivity index (χ0) is 15.1. The highest BCUT2D eigenvalue weighted by molar-refractivity contribution is 7.89. The lowest BCUT2D eigenvalue weighted by atomic mass is 10.2. The van der Waals surface area contributed by atoms with Crippen molar-refractivity contribution in [2.75, 3.05) is 12.8 Å². The molecule has 2 heterocycles. The van der Waals surface area contributed by atoms with Crippen LogP contribution in [0.15, 0.2) is 15.6 Å². The average Bonchev–Trinajstić information content (AvgIpc) is 2.85. The van der Waals surface area contributed by atoms with Crippen LogP contribution in [0.25, 0.3) is 0 Å². The van der Waals surface area contributed by atoms with E-state index in [2.05, 4.69) is 10.3 Å². The normalized spacial score (nSPS) is 12.2. The highest BCUT2D eigenvalue weighted by Gasteiger charge is 2.27. The molecule has 2 aromatic heterocycles. The van der Waals surface area contributed by atoms with Crippen LogP contribution in [-0.2, 0) is 23.6 Å². The third-order valence-corrected chi connectivity index (χ3v) is 4.89. The molecular weight excluding hydrogens is 282 g/mol. The molecule has 0 aliphatic rings. The largest absolute Gasteiger partial charge is 0.381 e. The minimum Gasteiger partial charge on any atom is -0.381 e. The number of anilines is 1. The van der Waals surface area contributed by atoms with E-state index in [1.807, 2.05) is 0 Å². The molecular formula is C11H17N5O3S. The second-order valence-corrected chi connectivity index (χ2v) is 6.63. The van der Waals surface area contributed by atoms with E-state index in [0.717, 1.165) is 5.56 Å². The van der Waals surface area contributed by atoms with Gasteiger partial charge < -0.3 is 10.3 Å². The van der Waals surface area contributed by atoms with Gasteiger partial charge in [0, 0.05) is 32.4 Å². The van der Waals surface area contributed by atoms with Crippen molar-refractivity contribution in [2.45, 2.75) is 25.3 Å². The fourth-order valence-corrected chi connectivity index (χ4v) is 3.11. The lowest BCUT2D eigenvalue weighted by Crippen LogP contribution is -2.27. The smallest absolute Gasteiger partial charge is 0.248 e. The monoisotopic (exact) mass is 299 g/mol. The molecule has 0 amide bonds. The van der Waals surface area contributed by atoms with Crippen LogP contribution >= 0.6 is 0 Å². The Hall–Kier alpha value is -1.87. The number of rotatable bonds is 4. The molecule has 2 aromatic rings. The molecule has 0 aromatic carbocycles. The van der Waals surface area contributed by atoms with Gasteiger partial charge in [0.05, 0.1) is 5.69 Å². The third-order valence-electron chi connectivity index (χ3n) is 3.07. The van der Waals surface area contributed by atoms with Crippen LogP contribution in [0.3, 0.4) is 0 Å². The van der Waals surface area contributed by atoms with Gasteiger partial charge in [-0.1, -0.05) is 5.16 Å². The molecule has 0 saturated carbocycles. The molecule has 0 bridgehead atoms. The van der Waals surface area contributed by atoms with Crippen LogP contribution in [0.4, 0.5) is 5.82 Å². The number of sulfonamides is 1. The first-order chi connectivity index (χ1) is 9.23. The number of aromatic nitrogens is 3. The molecule has 20 heavy (non-hydrogen) atoms. The standard InChI is InChI=1S/C11H17N5O3S/c1-7-9(8(2)19-14-7)5-16(4)20(17,18)10-6-15(3)13-11(10)12/h6H,5H2,1-4H3,(H2,12,13). The fraction of sp³-hybridized carbons (Fsp3) is 0.455. The summed E-state index contributed by atoms with van der Waals surface area (Å²) in [5.41, 5.74) is 7.05. The number of nitrogen functional groups attached to an aromatic ring is 1. The molecule has 0 atom stereocenters. The summed E-state index contributed by atoms with van der Waals surface area (Å²) >= 11 is 0. The Morgan fingerprint density at radius 3 is 2.55 bits per heavy atom. The molecule has 0 fully saturated rings. The Bertz CT molecular complexity index is 712. The van der Waals surface area contributed by atoms with Crippen LogP contribution in [0.5, 0.6) is 0 Å². The van der Waals surface area contributed by atoms with E-state index in [9.17, 15) is 8.42 Å². The van der Waals surface area contributed by atoms with Crippen molar-refractivity contribution in [3.05, 3.63) is 23.2 Å². The molecule has 0 unspecified atom stereocenters. The van der Waals surface area contributed by atoms with Crippen LogP contribution in [0.2, 0.25) is 0 Å². The van der Waals surface area contributed by atoms with Gasteiger partial charge in [0.15, 0.2) is 5.82 Å². The first-order valence-electron chi connectivity index (χ1n) is 5.90. The van der Waals surface area contributed by atoms with E-state index in [1.165, 1.54) is 22.2 Å². The average molecular weight is 299 g/mol. The molecule has 9 heteroatoms. The van der Waals surface area contributed by atoms with Gasteiger partial charge in [-0.2, -0.15) is 9.40 Å². The van der Waals surface area contributed by atoms with Gasteiger partial charge >= 0.3 is 0 Å². The van der Waals surface area contributed by atoms with E-state index in [0.29, 0.717) is 11.5 Å². The van der Waals surface area contributed by atoms with Gasteiger partial charge in [0.25, 0.3) is 0 Å². The summed E-state index contributed by atoms with van der Waals surface area (Å²) < 4.78 is 32.5. The first kappa shape index (κ1) is 14.5. The third kappa shape index (κ3) is 2.41. The van der Waals surface area contributed by atoms with Crippen molar-refractivity contribution in [3.63, 3.8) is 0 Å². The number of nitrogens with zero attached hydrogens (tertiary/aromatic N) is 4. The van der Waals surface area contributed by atoms with E-state index in [1.54, 1.807) is 20.9 Å². The van der Waals surface area contributed by atoms with E-state index < -0.39 is 10.0 Å². The molecule has 2 rings (SSSR count). The summed E-state index contributed by atoms with van der Waals surface area (Å²) in [6, 6.07) is 0. The van der Waals surface area contributed by atoms with E-state index in [4.69, 9.17) is 10.3 Å². The second kappa shape index (κ2) is 4.91. The minimum absolute atomic E-state index is 0.00531. The van der Waals surface area contributed by atoms with Crippen LogP contribution < -0.4 is 5.73 Å². The van der Waals surface area contributed by atoms with Crippen molar-refractivity contribution < 1.29 is 12.9 Å². The number of aryl methyl sites for hydroxylation is 3. The molecule has 110 valence electrons. The zero-order valence-corrected chi connectivity index (χ0v) is 12.6. The number of hydrogen-bond acceptors (Lipinski definition) is 6. The van der Waals surface area contributed by atoms with Crippen LogP contribution in [0, 0.1) is 13.8 Å². The van der Waals surface area contributed by atoms with Gasteiger partial charge in [-0.05, 0) is 13.8 Å². The lowest BCUT2D eigenvalue weighted by molar-refractivity contribution is 0.390. The van der Waals surface area contributed by atoms with E-state index in [-0.39, 0.29) is 17.3 Å². The van der Waals surface area contributed by atoms with Gasteiger partial charge in [0.1, 0.15) is 10.7 Å². The molecule has 0 saturated heterocycles. The van der Waals surface area contributed by atoms with E-state index >= 15 is 0 Å². The quantitative estimate of drug-likeness (QED) is 0.877.